The molecule has 2 aliphatic rings. The summed E-state index contributed by atoms with van der Waals surface area (Å²) in [5, 5.41) is 2.91. The SMILES string of the molecule is CN(C)C(=O)N1CCC(C(=O)N2CCC(C(=O)NCCc3ccccc3F)CC2)CC1. The van der Waals surface area contributed by atoms with E-state index in [4.69, 9.17) is 0 Å². The molecule has 3 rings (SSSR count). The van der Waals surface area contributed by atoms with E-state index in [0.717, 1.165) is 0 Å². The van der Waals surface area contributed by atoms with E-state index in [-0.39, 0.29) is 35.5 Å². The molecule has 2 aliphatic heterocycles. The monoisotopic (exact) mass is 432 g/mol. The maximum Gasteiger partial charge on any atom is 0.319 e. The number of hydrogen-bond donors (Lipinski definition) is 1. The van der Waals surface area contributed by atoms with Gasteiger partial charge in [0.25, 0.3) is 0 Å². The maximum absolute atomic E-state index is 13.7. The molecular formula is C23H33FN4O3. The van der Waals surface area contributed by atoms with Crippen molar-refractivity contribution in [3.8, 4) is 0 Å². The molecule has 4 amide bonds. The van der Waals surface area contributed by atoms with Gasteiger partial charge in [-0.25, -0.2) is 9.18 Å². The average Bonchev–Trinajstić information content (AvgIpc) is 2.79. The average molecular weight is 433 g/mol. The number of nitrogens with one attached hydrogen (secondary N) is 1. The lowest BCUT2D eigenvalue weighted by molar-refractivity contribution is -0.140. The van der Waals surface area contributed by atoms with Gasteiger partial charge in [0.15, 0.2) is 0 Å². The van der Waals surface area contributed by atoms with Crippen LogP contribution in [-0.2, 0) is 16.0 Å². The molecule has 2 heterocycles. The van der Waals surface area contributed by atoms with Crippen LogP contribution in [0.4, 0.5) is 9.18 Å². The van der Waals surface area contributed by atoms with Crippen molar-refractivity contribution in [1.82, 2.24) is 20.0 Å². The van der Waals surface area contributed by atoms with Crippen LogP contribution in [0.25, 0.3) is 0 Å². The molecule has 170 valence electrons. The minimum absolute atomic E-state index is 0.00673. The lowest BCUT2D eigenvalue weighted by atomic mass is 9.91. The van der Waals surface area contributed by atoms with Crippen molar-refractivity contribution in [2.75, 3.05) is 46.8 Å². The van der Waals surface area contributed by atoms with Crippen LogP contribution in [0.5, 0.6) is 0 Å². The molecule has 0 aromatic heterocycles. The van der Waals surface area contributed by atoms with Crippen LogP contribution in [0.2, 0.25) is 0 Å². The first kappa shape index (κ1) is 23.0. The van der Waals surface area contributed by atoms with Crippen molar-refractivity contribution in [2.45, 2.75) is 32.1 Å². The first-order valence-electron chi connectivity index (χ1n) is 11.1. The van der Waals surface area contributed by atoms with Gasteiger partial charge in [-0.2, -0.15) is 0 Å². The Labute approximate surface area is 183 Å². The van der Waals surface area contributed by atoms with E-state index in [9.17, 15) is 18.8 Å². The molecule has 2 fully saturated rings. The number of amides is 4. The summed E-state index contributed by atoms with van der Waals surface area (Å²) in [6.07, 6.45) is 3.14. The minimum Gasteiger partial charge on any atom is -0.356 e. The molecule has 0 spiro atoms. The Balaban J connectivity index is 1.38. The van der Waals surface area contributed by atoms with Gasteiger partial charge in [-0.1, -0.05) is 18.2 Å². The topological polar surface area (TPSA) is 73.0 Å². The van der Waals surface area contributed by atoms with Crippen LogP contribution in [-0.4, -0.2) is 79.4 Å². The zero-order chi connectivity index (χ0) is 22.4. The predicted molar refractivity (Wildman–Crippen MR) is 116 cm³/mol. The molecule has 2 saturated heterocycles. The summed E-state index contributed by atoms with van der Waals surface area (Å²) in [6.45, 7) is 2.79. The van der Waals surface area contributed by atoms with Crippen molar-refractivity contribution in [2.24, 2.45) is 11.8 Å². The lowest BCUT2D eigenvalue weighted by Crippen LogP contribution is -2.49. The van der Waals surface area contributed by atoms with Gasteiger partial charge in [-0.05, 0) is 43.7 Å². The van der Waals surface area contributed by atoms with Gasteiger partial charge >= 0.3 is 6.03 Å². The molecular weight excluding hydrogens is 399 g/mol. The molecule has 0 radical (unpaired) electrons. The molecule has 1 aromatic carbocycles. The van der Waals surface area contributed by atoms with E-state index in [1.165, 1.54) is 6.07 Å². The summed E-state index contributed by atoms with van der Waals surface area (Å²) in [4.78, 5) is 42.6. The zero-order valence-corrected chi connectivity index (χ0v) is 18.5. The number of piperidine rings is 2. The Hall–Kier alpha value is -2.64. The third-order valence-corrected chi connectivity index (χ3v) is 6.33. The first-order valence-corrected chi connectivity index (χ1v) is 11.1. The lowest BCUT2D eigenvalue weighted by Gasteiger charge is -2.37. The number of hydrogen-bond acceptors (Lipinski definition) is 3. The van der Waals surface area contributed by atoms with E-state index in [0.29, 0.717) is 70.4 Å². The largest absolute Gasteiger partial charge is 0.356 e. The van der Waals surface area contributed by atoms with Crippen LogP contribution in [0.1, 0.15) is 31.2 Å². The third kappa shape index (κ3) is 5.95. The van der Waals surface area contributed by atoms with E-state index >= 15 is 0 Å². The second kappa shape index (κ2) is 10.6. The number of rotatable bonds is 5. The Bertz CT molecular complexity index is 785. The Morgan fingerprint density at radius 1 is 0.968 bits per heavy atom. The normalized spacial score (nSPS) is 18.0. The van der Waals surface area contributed by atoms with Crippen molar-refractivity contribution in [3.63, 3.8) is 0 Å². The highest BCUT2D eigenvalue weighted by Crippen LogP contribution is 2.24. The number of carbonyl (C=O) groups is 3. The van der Waals surface area contributed by atoms with Crippen LogP contribution >= 0.6 is 0 Å². The third-order valence-electron chi connectivity index (χ3n) is 6.33. The highest BCUT2D eigenvalue weighted by molar-refractivity contribution is 5.81. The summed E-state index contributed by atoms with van der Waals surface area (Å²) in [5.41, 5.74) is 0.599. The summed E-state index contributed by atoms with van der Waals surface area (Å²) in [5.74, 6) is -0.267. The molecule has 1 aromatic rings. The van der Waals surface area contributed by atoms with E-state index < -0.39 is 0 Å². The number of nitrogens with zero attached hydrogens (tertiary/aromatic N) is 3. The van der Waals surface area contributed by atoms with Crippen molar-refractivity contribution in [1.29, 1.82) is 0 Å². The number of urea groups is 1. The van der Waals surface area contributed by atoms with Crippen molar-refractivity contribution >= 4 is 17.8 Å². The van der Waals surface area contributed by atoms with Gasteiger partial charge in [0.1, 0.15) is 5.82 Å². The highest BCUT2D eigenvalue weighted by atomic mass is 19.1. The number of likely N-dealkylation sites (tertiary alicyclic amines) is 2. The maximum atomic E-state index is 13.7. The quantitative estimate of drug-likeness (QED) is 0.775. The van der Waals surface area contributed by atoms with Gasteiger partial charge in [0.2, 0.25) is 11.8 Å². The van der Waals surface area contributed by atoms with Crippen LogP contribution in [0.15, 0.2) is 24.3 Å². The molecule has 0 unspecified atom stereocenters. The number of halogens is 1. The van der Waals surface area contributed by atoms with Crippen LogP contribution in [0, 0.1) is 17.7 Å². The van der Waals surface area contributed by atoms with Gasteiger partial charge < -0.3 is 20.0 Å². The number of benzene rings is 1. The van der Waals surface area contributed by atoms with Crippen molar-refractivity contribution < 1.29 is 18.8 Å². The van der Waals surface area contributed by atoms with Gasteiger partial charge in [-0.3, -0.25) is 9.59 Å². The summed E-state index contributed by atoms with van der Waals surface area (Å²) >= 11 is 0. The van der Waals surface area contributed by atoms with Gasteiger partial charge in [0, 0.05) is 58.7 Å². The standard InChI is InChI=1S/C23H33FN4O3/c1-26(2)23(31)28-15-10-19(11-16-28)22(30)27-13-8-18(9-14-27)21(29)25-12-7-17-5-3-4-6-20(17)24/h3-6,18-19H,7-16H2,1-2H3,(H,25,29). The molecule has 0 bridgehead atoms. The Morgan fingerprint density at radius 2 is 1.55 bits per heavy atom. The molecule has 0 aliphatic carbocycles. The molecule has 0 saturated carbocycles. The first-order chi connectivity index (χ1) is 14.9. The number of carbonyl (C=O) groups excluding carboxylic acids is 3. The minimum atomic E-state index is -0.250. The van der Waals surface area contributed by atoms with Crippen LogP contribution < -0.4 is 5.32 Å². The summed E-state index contributed by atoms with van der Waals surface area (Å²) in [7, 11) is 3.47. The summed E-state index contributed by atoms with van der Waals surface area (Å²) in [6, 6.07) is 6.59. The summed E-state index contributed by atoms with van der Waals surface area (Å²) < 4.78 is 13.7. The Morgan fingerprint density at radius 3 is 2.16 bits per heavy atom. The fourth-order valence-electron chi connectivity index (χ4n) is 4.39. The second-order valence-corrected chi connectivity index (χ2v) is 8.67. The fraction of sp³-hybridized carbons (Fsp3) is 0.609. The second-order valence-electron chi connectivity index (χ2n) is 8.67. The highest BCUT2D eigenvalue weighted by Gasteiger charge is 2.33. The molecule has 1 N–H and O–H groups in total. The fourth-order valence-corrected chi connectivity index (χ4v) is 4.39. The van der Waals surface area contributed by atoms with E-state index in [1.54, 1.807) is 42.1 Å². The molecule has 8 heteroatoms. The van der Waals surface area contributed by atoms with Crippen LogP contribution in [0.3, 0.4) is 0 Å². The molecule has 0 atom stereocenters. The molecule has 31 heavy (non-hydrogen) atoms. The van der Waals surface area contributed by atoms with Gasteiger partial charge in [0.05, 0.1) is 0 Å². The Kier molecular flexibility index (Phi) is 7.87. The smallest absolute Gasteiger partial charge is 0.319 e. The van der Waals surface area contributed by atoms with E-state index in [1.807, 2.05) is 4.90 Å². The van der Waals surface area contributed by atoms with Gasteiger partial charge in [-0.15, -0.1) is 0 Å². The molecule has 7 nitrogen and oxygen atoms in total. The zero-order valence-electron chi connectivity index (χ0n) is 18.5. The predicted octanol–water partition coefficient (Wildman–Crippen LogP) is 2.12. The van der Waals surface area contributed by atoms with Crippen molar-refractivity contribution in [3.05, 3.63) is 35.6 Å². The van der Waals surface area contributed by atoms with E-state index in [2.05, 4.69) is 5.32 Å².